The summed E-state index contributed by atoms with van der Waals surface area (Å²) in [6.07, 6.45) is 1.27. The summed E-state index contributed by atoms with van der Waals surface area (Å²) in [5, 5.41) is 0.650. The Labute approximate surface area is 83.3 Å². The molecule has 70 valence electrons. The highest BCUT2D eigenvalue weighted by molar-refractivity contribution is 6.33. The zero-order valence-electron chi connectivity index (χ0n) is 7.63. The van der Waals surface area contributed by atoms with Gasteiger partial charge >= 0.3 is 0 Å². The monoisotopic (exact) mass is 196 g/mol. The molecule has 0 aliphatic carbocycles. The molecule has 1 heterocycles. The van der Waals surface area contributed by atoms with Crippen molar-refractivity contribution < 1.29 is 0 Å². The predicted octanol–water partition coefficient (Wildman–Crippen LogP) is 2.52. The van der Waals surface area contributed by atoms with E-state index in [0.717, 1.165) is 6.54 Å². The summed E-state index contributed by atoms with van der Waals surface area (Å²) in [5.41, 5.74) is 7.46. The minimum atomic E-state index is 0.639. The fraction of sp³-hybridized carbons (Fsp3) is 0.400. The van der Waals surface area contributed by atoms with Gasteiger partial charge in [0.2, 0.25) is 0 Å². The van der Waals surface area contributed by atoms with E-state index in [0.29, 0.717) is 16.8 Å². The van der Waals surface area contributed by atoms with Gasteiger partial charge in [-0.15, -0.1) is 0 Å². The highest BCUT2D eigenvalue weighted by Crippen LogP contribution is 2.30. The topological polar surface area (TPSA) is 29.3 Å². The Hall–Kier alpha value is -0.890. The average Bonchev–Trinajstić information content (AvgIpc) is 2.09. The molecule has 2 rings (SSSR count). The summed E-state index contributed by atoms with van der Waals surface area (Å²) in [6, 6.07) is 6.46. The van der Waals surface area contributed by atoms with Crippen LogP contribution < -0.4 is 10.6 Å². The number of hydrogen-bond donors (Lipinski definition) is 1. The Balaban J connectivity index is 2.26. The van der Waals surface area contributed by atoms with E-state index < -0.39 is 0 Å². The standard InChI is InChI=1S/C10H13ClN2/c1-7-4-5-13(7)8-2-3-10(12)9(11)6-8/h2-3,6-7H,4-5,12H2,1H3. The van der Waals surface area contributed by atoms with E-state index in [9.17, 15) is 0 Å². The van der Waals surface area contributed by atoms with E-state index in [-0.39, 0.29) is 0 Å². The van der Waals surface area contributed by atoms with Gasteiger partial charge in [0, 0.05) is 18.3 Å². The first kappa shape index (κ1) is 8.70. The molecule has 1 fully saturated rings. The molecular formula is C10H13ClN2. The van der Waals surface area contributed by atoms with Gasteiger partial charge in [-0.25, -0.2) is 0 Å². The van der Waals surface area contributed by atoms with E-state index in [1.807, 2.05) is 18.2 Å². The molecule has 1 saturated heterocycles. The Morgan fingerprint density at radius 3 is 2.77 bits per heavy atom. The van der Waals surface area contributed by atoms with Gasteiger partial charge in [0.1, 0.15) is 0 Å². The largest absolute Gasteiger partial charge is 0.398 e. The lowest BCUT2D eigenvalue weighted by Gasteiger charge is -2.40. The van der Waals surface area contributed by atoms with Gasteiger partial charge in [0.15, 0.2) is 0 Å². The fourth-order valence-electron chi connectivity index (χ4n) is 1.59. The van der Waals surface area contributed by atoms with Gasteiger partial charge in [-0.3, -0.25) is 0 Å². The number of nitrogen functional groups attached to an aromatic ring is 1. The summed E-state index contributed by atoms with van der Waals surface area (Å²) in [7, 11) is 0. The summed E-state index contributed by atoms with van der Waals surface area (Å²) < 4.78 is 0. The van der Waals surface area contributed by atoms with Crippen molar-refractivity contribution in [2.45, 2.75) is 19.4 Å². The van der Waals surface area contributed by atoms with Crippen LogP contribution in [0.15, 0.2) is 18.2 Å². The molecule has 2 nitrogen and oxygen atoms in total. The first-order valence-electron chi connectivity index (χ1n) is 4.50. The highest BCUT2D eigenvalue weighted by Gasteiger charge is 2.23. The van der Waals surface area contributed by atoms with Crippen molar-refractivity contribution in [1.82, 2.24) is 0 Å². The van der Waals surface area contributed by atoms with Crippen molar-refractivity contribution in [3.05, 3.63) is 23.2 Å². The van der Waals surface area contributed by atoms with Crippen molar-refractivity contribution in [3.8, 4) is 0 Å². The molecule has 1 unspecified atom stereocenters. The molecule has 3 heteroatoms. The Morgan fingerprint density at radius 2 is 2.31 bits per heavy atom. The molecule has 0 aromatic heterocycles. The summed E-state index contributed by atoms with van der Waals surface area (Å²) in [4.78, 5) is 2.32. The van der Waals surface area contributed by atoms with Crippen molar-refractivity contribution in [1.29, 1.82) is 0 Å². The minimum absolute atomic E-state index is 0.639. The smallest absolute Gasteiger partial charge is 0.0656 e. The zero-order valence-corrected chi connectivity index (χ0v) is 8.38. The molecule has 1 aliphatic heterocycles. The average molecular weight is 197 g/mol. The maximum absolute atomic E-state index is 5.94. The number of anilines is 2. The zero-order chi connectivity index (χ0) is 9.42. The molecule has 0 spiro atoms. The molecule has 13 heavy (non-hydrogen) atoms. The van der Waals surface area contributed by atoms with Gasteiger partial charge in [0.05, 0.1) is 10.7 Å². The van der Waals surface area contributed by atoms with Crippen molar-refractivity contribution in [3.63, 3.8) is 0 Å². The maximum Gasteiger partial charge on any atom is 0.0656 e. The quantitative estimate of drug-likeness (QED) is 0.700. The third-order valence-electron chi connectivity index (χ3n) is 2.64. The van der Waals surface area contributed by atoms with Crippen LogP contribution in [0.25, 0.3) is 0 Å². The molecular weight excluding hydrogens is 184 g/mol. The normalized spacial score (nSPS) is 21.4. The Morgan fingerprint density at radius 1 is 1.54 bits per heavy atom. The van der Waals surface area contributed by atoms with Gasteiger partial charge in [-0.1, -0.05) is 11.6 Å². The molecule has 1 atom stereocenters. The van der Waals surface area contributed by atoms with Crippen LogP contribution in [0.2, 0.25) is 5.02 Å². The number of nitrogens with two attached hydrogens (primary N) is 1. The van der Waals surface area contributed by atoms with Crippen molar-refractivity contribution in [2.75, 3.05) is 17.2 Å². The van der Waals surface area contributed by atoms with Crippen LogP contribution in [-0.2, 0) is 0 Å². The van der Waals surface area contributed by atoms with E-state index in [4.69, 9.17) is 17.3 Å². The van der Waals surface area contributed by atoms with E-state index in [1.54, 1.807) is 0 Å². The van der Waals surface area contributed by atoms with Gasteiger partial charge in [-0.05, 0) is 31.5 Å². The van der Waals surface area contributed by atoms with Crippen LogP contribution in [0.4, 0.5) is 11.4 Å². The SMILES string of the molecule is CC1CCN1c1ccc(N)c(Cl)c1. The molecule has 0 saturated carbocycles. The summed E-state index contributed by atoms with van der Waals surface area (Å²) in [6.45, 7) is 3.34. The van der Waals surface area contributed by atoms with Gasteiger partial charge < -0.3 is 10.6 Å². The first-order chi connectivity index (χ1) is 6.18. The van der Waals surface area contributed by atoms with Gasteiger partial charge in [0.25, 0.3) is 0 Å². The maximum atomic E-state index is 5.94. The second-order valence-electron chi connectivity index (χ2n) is 3.54. The van der Waals surface area contributed by atoms with Crippen LogP contribution in [0.5, 0.6) is 0 Å². The second kappa shape index (κ2) is 3.11. The molecule has 2 N–H and O–H groups in total. The van der Waals surface area contributed by atoms with Crippen LogP contribution in [-0.4, -0.2) is 12.6 Å². The van der Waals surface area contributed by atoms with Crippen LogP contribution in [0.1, 0.15) is 13.3 Å². The first-order valence-corrected chi connectivity index (χ1v) is 4.88. The van der Waals surface area contributed by atoms with E-state index in [1.165, 1.54) is 12.1 Å². The van der Waals surface area contributed by atoms with Crippen LogP contribution >= 0.6 is 11.6 Å². The minimum Gasteiger partial charge on any atom is -0.398 e. The number of nitrogens with zero attached hydrogens (tertiary/aromatic N) is 1. The molecule has 1 aliphatic rings. The van der Waals surface area contributed by atoms with Gasteiger partial charge in [-0.2, -0.15) is 0 Å². The number of hydrogen-bond acceptors (Lipinski definition) is 2. The molecule has 0 amide bonds. The van der Waals surface area contributed by atoms with Crippen LogP contribution in [0, 0.1) is 0 Å². The fourth-order valence-corrected chi connectivity index (χ4v) is 1.77. The molecule has 1 aromatic carbocycles. The van der Waals surface area contributed by atoms with Crippen LogP contribution in [0.3, 0.4) is 0 Å². The molecule has 1 aromatic rings. The number of benzene rings is 1. The van der Waals surface area contributed by atoms with Crippen molar-refractivity contribution >= 4 is 23.0 Å². The highest BCUT2D eigenvalue weighted by atomic mass is 35.5. The number of halogens is 1. The lowest BCUT2D eigenvalue weighted by Crippen LogP contribution is -2.45. The summed E-state index contributed by atoms with van der Waals surface area (Å²) in [5.74, 6) is 0. The Bertz CT molecular complexity index is 325. The number of rotatable bonds is 1. The Kier molecular flexibility index (Phi) is 2.08. The van der Waals surface area contributed by atoms with Crippen molar-refractivity contribution in [2.24, 2.45) is 0 Å². The van der Waals surface area contributed by atoms with E-state index in [2.05, 4.69) is 11.8 Å². The van der Waals surface area contributed by atoms with E-state index >= 15 is 0 Å². The molecule has 0 radical (unpaired) electrons. The lowest BCUT2D eigenvalue weighted by atomic mass is 10.0. The second-order valence-corrected chi connectivity index (χ2v) is 3.94. The third-order valence-corrected chi connectivity index (χ3v) is 2.96. The predicted molar refractivity (Wildman–Crippen MR) is 57.3 cm³/mol. The third kappa shape index (κ3) is 1.46. The molecule has 0 bridgehead atoms. The summed E-state index contributed by atoms with van der Waals surface area (Å²) >= 11 is 5.94. The lowest BCUT2D eigenvalue weighted by molar-refractivity contribution is 0.481.